The van der Waals surface area contributed by atoms with Gasteiger partial charge in [-0.1, -0.05) is 40.2 Å². The molecule has 1 saturated heterocycles. The van der Waals surface area contributed by atoms with Crippen molar-refractivity contribution in [1.82, 2.24) is 4.90 Å². The van der Waals surface area contributed by atoms with Gasteiger partial charge >= 0.3 is 5.97 Å². The van der Waals surface area contributed by atoms with E-state index in [4.69, 9.17) is 4.74 Å². The van der Waals surface area contributed by atoms with Gasteiger partial charge in [0.2, 0.25) is 0 Å². The number of hydrogen-bond acceptors (Lipinski definition) is 3. The summed E-state index contributed by atoms with van der Waals surface area (Å²) in [5.74, 6) is 0.0823. The second kappa shape index (κ2) is 8.02. The fraction of sp³-hybridized carbons (Fsp3) is 0.350. The van der Waals surface area contributed by atoms with Crippen molar-refractivity contribution in [3.05, 3.63) is 64.1 Å². The third-order valence-corrected chi connectivity index (χ3v) is 5.08. The molecule has 0 amide bonds. The maximum Gasteiger partial charge on any atom is 0.320 e. The first kappa shape index (κ1) is 18.0. The third kappa shape index (κ3) is 4.05. The summed E-state index contributed by atoms with van der Waals surface area (Å²) in [6, 6.07) is 15.5. The van der Waals surface area contributed by atoms with E-state index >= 15 is 0 Å². The van der Waals surface area contributed by atoms with Crippen LogP contribution in [0, 0.1) is 0 Å². The largest absolute Gasteiger partial charge is 0.494 e. The predicted molar refractivity (Wildman–Crippen MR) is 101 cm³/mol. The fourth-order valence-electron chi connectivity index (χ4n) is 3.53. The summed E-state index contributed by atoms with van der Waals surface area (Å²) in [6.45, 7) is 3.36. The second-order valence-corrected chi connectivity index (χ2v) is 7.11. The highest BCUT2D eigenvalue weighted by molar-refractivity contribution is 9.10. The monoisotopic (exact) mass is 403 g/mol. The van der Waals surface area contributed by atoms with Gasteiger partial charge in [-0.05, 0) is 55.2 Å². The average molecular weight is 404 g/mol. The van der Waals surface area contributed by atoms with E-state index in [9.17, 15) is 9.90 Å². The Morgan fingerprint density at radius 3 is 2.68 bits per heavy atom. The molecule has 0 bridgehead atoms. The number of ether oxygens (including phenoxy) is 1. The first-order valence-corrected chi connectivity index (χ1v) is 9.36. The molecular weight excluding hydrogens is 382 g/mol. The summed E-state index contributed by atoms with van der Waals surface area (Å²) < 4.78 is 6.53. The van der Waals surface area contributed by atoms with E-state index in [1.807, 2.05) is 43.3 Å². The lowest BCUT2D eigenvalue weighted by Crippen LogP contribution is -2.39. The van der Waals surface area contributed by atoms with Crippen molar-refractivity contribution in [1.29, 1.82) is 0 Å². The van der Waals surface area contributed by atoms with Crippen LogP contribution >= 0.6 is 15.9 Å². The van der Waals surface area contributed by atoms with E-state index < -0.39 is 12.0 Å². The molecule has 5 heteroatoms. The van der Waals surface area contributed by atoms with Crippen LogP contribution < -0.4 is 4.74 Å². The van der Waals surface area contributed by atoms with Gasteiger partial charge in [0, 0.05) is 11.0 Å². The standard InChI is InChI=1S/C20H22BrNO3/c1-2-25-17-10-8-14(9-11-17)19(15-5-3-6-16(21)13-15)22-12-4-7-18(22)20(23)24/h3,5-6,8-11,13,18-19H,2,4,7,12H2,1H3,(H,23,24). The van der Waals surface area contributed by atoms with Crippen molar-refractivity contribution < 1.29 is 14.6 Å². The molecule has 2 aromatic rings. The zero-order chi connectivity index (χ0) is 17.8. The van der Waals surface area contributed by atoms with E-state index in [0.717, 1.165) is 34.3 Å². The van der Waals surface area contributed by atoms with E-state index in [1.54, 1.807) is 0 Å². The molecule has 1 heterocycles. The molecule has 0 spiro atoms. The smallest absolute Gasteiger partial charge is 0.320 e. The van der Waals surface area contributed by atoms with E-state index in [-0.39, 0.29) is 6.04 Å². The summed E-state index contributed by atoms with van der Waals surface area (Å²) in [4.78, 5) is 13.8. The number of benzene rings is 2. The van der Waals surface area contributed by atoms with Crippen molar-refractivity contribution in [3.8, 4) is 5.75 Å². The molecule has 0 saturated carbocycles. The van der Waals surface area contributed by atoms with Crippen molar-refractivity contribution in [2.24, 2.45) is 0 Å². The van der Waals surface area contributed by atoms with Crippen LogP contribution in [0.3, 0.4) is 0 Å². The SMILES string of the molecule is CCOc1ccc(C(c2cccc(Br)c2)N2CCCC2C(=O)O)cc1. The number of likely N-dealkylation sites (tertiary alicyclic amines) is 1. The van der Waals surface area contributed by atoms with Crippen molar-refractivity contribution >= 4 is 21.9 Å². The fourth-order valence-corrected chi connectivity index (χ4v) is 3.95. The quantitative estimate of drug-likeness (QED) is 0.771. The van der Waals surface area contributed by atoms with Crippen LogP contribution in [0.15, 0.2) is 53.0 Å². The zero-order valence-electron chi connectivity index (χ0n) is 14.2. The number of halogens is 1. The minimum atomic E-state index is -0.747. The number of hydrogen-bond donors (Lipinski definition) is 1. The highest BCUT2D eigenvalue weighted by atomic mass is 79.9. The Hall–Kier alpha value is -1.85. The second-order valence-electron chi connectivity index (χ2n) is 6.19. The van der Waals surface area contributed by atoms with Gasteiger partial charge in [0.05, 0.1) is 12.6 Å². The topological polar surface area (TPSA) is 49.8 Å². The van der Waals surface area contributed by atoms with E-state index in [1.165, 1.54) is 0 Å². The molecule has 0 radical (unpaired) electrons. The van der Waals surface area contributed by atoms with Gasteiger partial charge in [0.15, 0.2) is 0 Å². The van der Waals surface area contributed by atoms with Gasteiger partial charge in [-0.3, -0.25) is 9.69 Å². The van der Waals surface area contributed by atoms with Gasteiger partial charge < -0.3 is 9.84 Å². The zero-order valence-corrected chi connectivity index (χ0v) is 15.8. The van der Waals surface area contributed by atoms with Crippen LogP contribution in [0.4, 0.5) is 0 Å². The van der Waals surface area contributed by atoms with Crippen LogP contribution in [-0.2, 0) is 4.79 Å². The lowest BCUT2D eigenvalue weighted by molar-refractivity contribution is -0.142. The van der Waals surface area contributed by atoms with Crippen molar-refractivity contribution in [2.75, 3.05) is 13.2 Å². The lowest BCUT2D eigenvalue weighted by atomic mass is 9.96. The number of aliphatic carboxylic acids is 1. The number of carbonyl (C=O) groups is 1. The summed E-state index contributed by atoms with van der Waals surface area (Å²) >= 11 is 3.53. The molecule has 4 nitrogen and oxygen atoms in total. The Morgan fingerprint density at radius 1 is 1.28 bits per heavy atom. The molecule has 25 heavy (non-hydrogen) atoms. The molecule has 0 aliphatic carbocycles. The molecule has 1 aliphatic heterocycles. The number of rotatable bonds is 6. The van der Waals surface area contributed by atoms with Gasteiger partial charge in [0.1, 0.15) is 11.8 Å². The summed E-state index contributed by atoms with van der Waals surface area (Å²) in [7, 11) is 0. The molecule has 132 valence electrons. The minimum absolute atomic E-state index is 0.0863. The summed E-state index contributed by atoms with van der Waals surface area (Å²) in [5, 5.41) is 9.62. The third-order valence-electron chi connectivity index (χ3n) is 4.58. The van der Waals surface area contributed by atoms with E-state index in [0.29, 0.717) is 13.0 Å². The predicted octanol–water partition coefficient (Wildman–Crippen LogP) is 4.49. The summed E-state index contributed by atoms with van der Waals surface area (Å²) in [6.07, 6.45) is 1.59. The van der Waals surface area contributed by atoms with Crippen LogP contribution in [0.25, 0.3) is 0 Å². The molecule has 1 aliphatic rings. The molecule has 2 atom stereocenters. The van der Waals surface area contributed by atoms with Crippen LogP contribution in [0.5, 0.6) is 5.75 Å². The Bertz CT molecular complexity index is 732. The number of carboxylic acids is 1. The Labute approximate surface area is 156 Å². The molecule has 1 N–H and O–H groups in total. The molecular formula is C20H22BrNO3. The van der Waals surface area contributed by atoms with Gasteiger partial charge in [-0.25, -0.2) is 0 Å². The van der Waals surface area contributed by atoms with Crippen LogP contribution in [-0.4, -0.2) is 35.2 Å². The first-order chi connectivity index (χ1) is 12.1. The summed E-state index contributed by atoms with van der Waals surface area (Å²) in [5.41, 5.74) is 2.17. The molecule has 2 aromatic carbocycles. The molecule has 1 fully saturated rings. The average Bonchev–Trinajstić information content (AvgIpc) is 3.07. The first-order valence-electron chi connectivity index (χ1n) is 8.57. The Kier molecular flexibility index (Phi) is 5.76. The van der Waals surface area contributed by atoms with Gasteiger partial charge in [-0.15, -0.1) is 0 Å². The maximum atomic E-state index is 11.7. The normalized spacial score (nSPS) is 18.9. The number of nitrogens with zero attached hydrogens (tertiary/aromatic N) is 1. The maximum absolute atomic E-state index is 11.7. The number of carboxylic acid groups (broad SMARTS) is 1. The van der Waals surface area contributed by atoms with Gasteiger partial charge in [0.25, 0.3) is 0 Å². The molecule has 3 rings (SSSR count). The van der Waals surface area contributed by atoms with Crippen LogP contribution in [0.1, 0.15) is 36.9 Å². The van der Waals surface area contributed by atoms with Crippen molar-refractivity contribution in [2.45, 2.75) is 31.8 Å². The molecule has 0 aromatic heterocycles. The Morgan fingerprint density at radius 2 is 2.04 bits per heavy atom. The van der Waals surface area contributed by atoms with Crippen molar-refractivity contribution in [3.63, 3.8) is 0 Å². The highest BCUT2D eigenvalue weighted by Crippen LogP contribution is 2.36. The van der Waals surface area contributed by atoms with E-state index in [2.05, 4.69) is 33.0 Å². The van der Waals surface area contributed by atoms with Crippen LogP contribution in [0.2, 0.25) is 0 Å². The lowest BCUT2D eigenvalue weighted by Gasteiger charge is -2.32. The van der Waals surface area contributed by atoms with Gasteiger partial charge in [-0.2, -0.15) is 0 Å². The Balaban J connectivity index is 2.01. The highest BCUT2D eigenvalue weighted by Gasteiger charge is 2.36. The molecule has 2 unspecified atom stereocenters. The minimum Gasteiger partial charge on any atom is -0.494 e.